The Morgan fingerprint density at radius 3 is 2.43 bits per heavy atom. The highest BCUT2D eigenvalue weighted by Gasteiger charge is 2.09. The molecule has 0 aliphatic heterocycles. The molecule has 0 amide bonds. The normalized spacial score (nSPS) is 11.5. The topological polar surface area (TPSA) is 47.0 Å². The van der Waals surface area contributed by atoms with Crippen LogP contribution in [0, 0.1) is 13.8 Å². The summed E-state index contributed by atoms with van der Waals surface area (Å²) in [6.45, 7) is 11.2. The van der Waals surface area contributed by atoms with Gasteiger partial charge in [-0.3, -0.25) is 0 Å². The third-order valence-electron chi connectivity index (χ3n) is 3.26. The summed E-state index contributed by atoms with van der Waals surface area (Å²) in [5.74, 6) is 1.34. The predicted molar refractivity (Wildman–Crippen MR) is 84.6 cm³/mol. The van der Waals surface area contributed by atoms with Crippen molar-refractivity contribution in [3.63, 3.8) is 0 Å². The van der Waals surface area contributed by atoms with Gasteiger partial charge in [-0.15, -0.1) is 5.10 Å². The number of aromatic nitrogens is 2. The van der Waals surface area contributed by atoms with E-state index in [1.807, 2.05) is 31.2 Å². The highest BCUT2D eigenvalue weighted by atomic mass is 16.5. The summed E-state index contributed by atoms with van der Waals surface area (Å²) in [6.07, 6.45) is 0. The van der Waals surface area contributed by atoms with Crippen LogP contribution in [0.3, 0.4) is 0 Å². The van der Waals surface area contributed by atoms with E-state index >= 15 is 0 Å². The average molecular weight is 285 g/mol. The molecule has 0 aliphatic rings. The molecular formula is C17H23N3O. The number of aryl methyl sites for hydroxylation is 1. The molecule has 0 atom stereocenters. The minimum atomic E-state index is 0.0650. The molecular weight excluding hydrogens is 262 g/mol. The molecule has 0 saturated carbocycles. The number of benzene rings is 1. The Morgan fingerprint density at radius 2 is 1.81 bits per heavy atom. The zero-order valence-corrected chi connectivity index (χ0v) is 13.4. The van der Waals surface area contributed by atoms with Gasteiger partial charge in [0.15, 0.2) is 0 Å². The van der Waals surface area contributed by atoms with Gasteiger partial charge in [0.05, 0.1) is 5.69 Å². The molecule has 0 aliphatic carbocycles. The monoisotopic (exact) mass is 285 g/mol. The van der Waals surface area contributed by atoms with Crippen molar-refractivity contribution in [3.05, 3.63) is 47.2 Å². The Bertz CT molecular complexity index is 600. The van der Waals surface area contributed by atoms with Crippen LogP contribution in [0.1, 0.15) is 37.6 Å². The van der Waals surface area contributed by atoms with E-state index < -0.39 is 0 Å². The highest BCUT2D eigenvalue weighted by molar-refractivity contribution is 5.40. The summed E-state index contributed by atoms with van der Waals surface area (Å²) in [4.78, 5) is 0. The molecule has 0 unspecified atom stereocenters. The van der Waals surface area contributed by atoms with Gasteiger partial charge < -0.3 is 10.1 Å². The highest BCUT2D eigenvalue weighted by Crippen LogP contribution is 2.25. The van der Waals surface area contributed by atoms with E-state index in [0.29, 0.717) is 12.4 Å². The van der Waals surface area contributed by atoms with Crippen molar-refractivity contribution < 1.29 is 4.74 Å². The van der Waals surface area contributed by atoms with Gasteiger partial charge in [0.2, 0.25) is 5.88 Å². The molecule has 1 N–H and O–H groups in total. The largest absolute Gasteiger partial charge is 0.437 e. The van der Waals surface area contributed by atoms with Crippen molar-refractivity contribution in [1.29, 1.82) is 0 Å². The van der Waals surface area contributed by atoms with Gasteiger partial charge in [0, 0.05) is 18.2 Å². The summed E-state index contributed by atoms with van der Waals surface area (Å²) in [7, 11) is 0. The van der Waals surface area contributed by atoms with Gasteiger partial charge in [0.25, 0.3) is 0 Å². The maximum Gasteiger partial charge on any atom is 0.238 e. The van der Waals surface area contributed by atoms with Crippen LogP contribution in [-0.2, 0) is 6.54 Å². The van der Waals surface area contributed by atoms with Crippen LogP contribution in [0.2, 0.25) is 0 Å². The first-order chi connectivity index (χ1) is 9.85. The fourth-order valence-corrected chi connectivity index (χ4v) is 1.80. The van der Waals surface area contributed by atoms with Crippen molar-refractivity contribution in [3.8, 4) is 11.6 Å². The SMILES string of the molecule is Cc1cccc(Oc2ccc(CNC(C)(C)C)nn2)c1C. The number of hydrogen-bond acceptors (Lipinski definition) is 4. The lowest BCUT2D eigenvalue weighted by molar-refractivity contribution is 0.416. The molecule has 4 heteroatoms. The maximum absolute atomic E-state index is 5.80. The van der Waals surface area contributed by atoms with Crippen molar-refractivity contribution in [2.75, 3.05) is 0 Å². The first kappa shape index (κ1) is 15.4. The van der Waals surface area contributed by atoms with Crippen LogP contribution in [0.15, 0.2) is 30.3 Å². The van der Waals surface area contributed by atoms with Crippen molar-refractivity contribution in [1.82, 2.24) is 15.5 Å². The van der Waals surface area contributed by atoms with Crippen molar-refractivity contribution >= 4 is 0 Å². The van der Waals surface area contributed by atoms with Gasteiger partial charge >= 0.3 is 0 Å². The summed E-state index contributed by atoms with van der Waals surface area (Å²) < 4.78 is 5.80. The standard InChI is InChI=1S/C17H23N3O/c1-12-7-6-8-15(13(12)2)21-16-10-9-14(19-20-16)11-18-17(3,4)5/h6-10,18H,11H2,1-5H3. The van der Waals surface area contributed by atoms with E-state index in [0.717, 1.165) is 17.0 Å². The molecule has 1 heterocycles. The van der Waals surface area contributed by atoms with E-state index in [1.165, 1.54) is 5.56 Å². The molecule has 1 aromatic heterocycles. The Morgan fingerprint density at radius 1 is 1.05 bits per heavy atom. The lowest BCUT2D eigenvalue weighted by atomic mass is 10.1. The van der Waals surface area contributed by atoms with Crippen molar-refractivity contribution in [2.45, 2.75) is 46.7 Å². The second-order valence-electron chi connectivity index (χ2n) is 6.27. The zero-order chi connectivity index (χ0) is 15.5. The van der Waals surface area contributed by atoms with E-state index in [-0.39, 0.29) is 5.54 Å². The number of hydrogen-bond donors (Lipinski definition) is 1. The molecule has 0 spiro atoms. The first-order valence-electron chi connectivity index (χ1n) is 7.17. The molecule has 2 rings (SSSR count). The number of ether oxygens (including phenoxy) is 1. The summed E-state index contributed by atoms with van der Waals surface area (Å²) in [5, 5.41) is 11.7. The molecule has 0 fully saturated rings. The molecule has 0 bridgehead atoms. The van der Waals surface area contributed by atoms with E-state index in [1.54, 1.807) is 0 Å². The molecule has 1 aromatic carbocycles. The zero-order valence-electron chi connectivity index (χ0n) is 13.4. The molecule has 21 heavy (non-hydrogen) atoms. The van der Waals surface area contributed by atoms with Crippen molar-refractivity contribution in [2.24, 2.45) is 0 Å². The summed E-state index contributed by atoms with van der Waals surface area (Å²) in [6, 6.07) is 9.78. The smallest absolute Gasteiger partial charge is 0.238 e. The van der Waals surface area contributed by atoms with E-state index in [2.05, 4.69) is 49.3 Å². The average Bonchev–Trinajstić information content (AvgIpc) is 2.42. The minimum absolute atomic E-state index is 0.0650. The maximum atomic E-state index is 5.80. The third-order valence-corrected chi connectivity index (χ3v) is 3.26. The summed E-state index contributed by atoms with van der Waals surface area (Å²) >= 11 is 0. The van der Waals surface area contributed by atoms with Crippen LogP contribution < -0.4 is 10.1 Å². The molecule has 0 saturated heterocycles. The number of nitrogens with zero attached hydrogens (tertiary/aromatic N) is 2. The second-order valence-corrected chi connectivity index (χ2v) is 6.27. The fraction of sp³-hybridized carbons (Fsp3) is 0.412. The Hall–Kier alpha value is -1.94. The van der Waals surface area contributed by atoms with Crippen LogP contribution in [0.4, 0.5) is 0 Å². The third kappa shape index (κ3) is 4.53. The van der Waals surface area contributed by atoms with Gasteiger partial charge in [-0.2, -0.15) is 5.10 Å². The fourth-order valence-electron chi connectivity index (χ4n) is 1.80. The Labute approximate surface area is 126 Å². The predicted octanol–water partition coefficient (Wildman–Crippen LogP) is 3.77. The van der Waals surface area contributed by atoms with Gasteiger partial charge in [0.1, 0.15) is 5.75 Å². The van der Waals surface area contributed by atoms with Crippen LogP contribution in [0.5, 0.6) is 11.6 Å². The molecule has 0 radical (unpaired) electrons. The number of nitrogens with one attached hydrogen (secondary N) is 1. The Kier molecular flexibility index (Phi) is 4.58. The van der Waals surface area contributed by atoms with Gasteiger partial charge in [-0.1, -0.05) is 12.1 Å². The first-order valence-corrected chi connectivity index (χ1v) is 7.17. The molecule has 2 aromatic rings. The van der Waals surface area contributed by atoms with Crippen LogP contribution >= 0.6 is 0 Å². The van der Waals surface area contributed by atoms with Crippen LogP contribution in [-0.4, -0.2) is 15.7 Å². The minimum Gasteiger partial charge on any atom is -0.437 e. The van der Waals surface area contributed by atoms with Gasteiger partial charge in [-0.05, 0) is 57.9 Å². The summed E-state index contributed by atoms with van der Waals surface area (Å²) in [5.41, 5.74) is 3.29. The number of rotatable bonds is 4. The lowest BCUT2D eigenvalue weighted by Gasteiger charge is -2.19. The molecule has 4 nitrogen and oxygen atoms in total. The second kappa shape index (κ2) is 6.22. The van der Waals surface area contributed by atoms with E-state index in [9.17, 15) is 0 Å². The lowest BCUT2D eigenvalue weighted by Crippen LogP contribution is -2.35. The van der Waals surface area contributed by atoms with Gasteiger partial charge in [-0.25, -0.2) is 0 Å². The Balaban J connectivity index is 2.04. The van der Waals surface area contributed by atoms with Crippen LogP contribution in [0.25, 0.3) is 0 Å². The molecule has 112 valence electrons. The van der Waals surface area contributed by atoms with E-state index in [4.69, 9.17) is 4.74 Å². The quantitative estimate of drug-likeness (QED) is 0.928.